The zero-order chi connectivity index (χ0) is 27.2. The average molecular weight is 539 g/mol. The fourth-order valence-corrected chi connectivity index (χ4v) is 5.30. The molecule has 4 N–H and O–H groups in total. The van der Waals surface area contributed by atoms with Crippen molar-refractivity contribution in [3.63, 3.8) is 0 Å². The molecule has 200 valence electrons. The summed E-state index contributed by atoms with van der Waals surface area (Å²) in [4.78, 5) is 43.4. The number of nitrogens with one attached hydrogen (secondary N) is 2. The summed E-state index contributed by atoms with van der Waals surface area (Å²) >= 11 is -0.864. The lowest BCUT2D eigenvalue weighted by atomic mass is 10.1. The van der Waals surface area contributed by atoms with E-state index in [1.165, 1.54) is 7.11 Å². The fourth-order valence-electron chi connectivity index (χ4n) is 4.25. The van der Waals surface area contributed by atoms with Gasteiger partial charge < -0.3 is 29.8 Å². The van der Waals surface area contributed by atoms with Crippen LogP contribution in [0.3, 0.4) is 0 Å². The van der Waals surface area contributed by atoms with Crippen LogP contribution in [0, 0.1) is 5.41 Å². The predicted octanol–water partition coefficient (Wildman–Crippen LogP) is 1.26. The molecule has 2 amide bonds. The number of esters is 1. The van der Waals surface area contributed by atoms with Crippen LogP contribution in [0.5, 0.6) is 0 Å². The number of aromatic nitrogens is 2. The van der Waals surface area contributed by atoms with E-state index in [1.54, 1.807) is 35.2 Å². The molecule has 12 heteroatoms. The van der Waals surface area contributed by atoms with Gasteiger partial charge in [0.05, 0.1) is 37.7 Å². The number of nitrogens with two attached hydrogens (primary N) is 1. The molecule has 1 fully saturated rings. The predicted molar refractivity (Wildman–Crippen MR) is 144 cm³/mol. The molecule has 0 unspecified atom stereocenters. The molecule has 1 saturated heterocycles. The third-order valence-corrected chi connectivity index (χ3v) is 7.66. The van der Waals surface area contributed by atoms with Gasteiger partial charge >= 0.3 is 5.97 Å². The van der Waals surface area contributed by atoms with Gasteiger partial charge in [-0.05, 0) is 18.2 Å². The summed E-state index contributed by atoms with van der Waals surface area (Å²) in [6.45, 7) is 1.50. The van der Waals surface area contributed by atoms with Gasteiger partial charge in [-0.15, -0.1) is 0 Å². The molecule has 1 aliphatic heterocycles. The maximum atomic E-state index is 12.9. The highest BCUT2D eigenvalue weighted by Crippen LogP contribution is 2.27. The van der Waals surface area contributed by atoms with E-state index in [2.05, 4.69) is 10.1 Å². The summed E-state index contributed by atoms with van der Waals surface area (Å²) in [6, 6.07) is 12.3. The number of hydrogen-bond donors (Lipinski definition) is 3. The first kappa shape index (κ1) is 27.1. The Hall–Kier alpha value is -3.90. The molecule has 2 aromatic carbocycles. The lowest BCUT2D eigenvalue weighted by Crippen LogP contribution is -2.43. The van der Waals surface area contributed by atoms with Gasteiger partial charge in [-0.25, -0.2) is 4.98 Å². The quantitative estimate of drug-likeness (QED) is 0.160. The highest BCUT2D eigenvalue weighted by molar-refractivity contribution is 7.91. The van der Waals surface area contributed by atoms with E-state index in [0.29, 0.717) is 53.6 Å². The number of amides is 2. The Kier molecular flexibility index (Phi) is 8.64. The van der Waals surface area contributed by atoms with Crippen molar-refractivity contribution in [3.8, 4) is 11.4 Å². The molecule has 0 saturated carbocycles. The zero-order valence-corrected chi connectivity index (χ0v) is 21.9. The van der Waals surface area contributed by atoms with Gasteiger partial charge in [-0.1, -0.05) is 35.4 Å². The SMILES string of the molecule is COC(=O)CCNC(=O)c1ccc2c(c1)nc(-c1ccc(C(=N)N)cc1)n2CCC(=O)N1CC[S+]([O-])CC1. The van der Waals surface area contributed by atoms with Crippen LogP contribution in [0.25, 0.3) is 22.4 Å². The Morgan fingerprint density at radius 2 is 1.79 bits per heavy atom. The minimum Gasteiger partial charge on any atom is -0.616 e. The minimum absolute atomic E-state index is 0.0111. The van der Waals surface area contributed by atoms with E-state index in [-0.39, 0.29) is 37.0 Å². The molecule has 3 aromatic rings. The Bertz CT molecular complexity index is 1350. The fraction of sp³-hybridized carbons (Fsp3) is 0.346. The van der Waals surface area contributed by atoms with Gasteiger partial charge in [0.25, 0.3) is 5.91 Å². The number of benzene rings is 2. The Labute approximate surface area is 223 Å². The van der Waals surface area contributed by atoms with E-state index >= 15 is 0 Å². The molecule has 0 radical (unpaired) electrons. The van der Waals surface area contributed by atoms with E-state index in [1.807, 2.05) is 16.7 Å². The van der Waals surface area contributed by atoms with Crippen LogP contribution in [0.2, 0.25) is 0 Å². The van der Waals surface area contributed by atoms with Crippen LogP contribution in [0.15, 0.2) is 42.5 Å². The summed E-state index contributed by atoms with van der Waals surface area (Å²) in [6.07, 6.45) is 0.312. The molecule has 1 aliphatic rings. The molecule has 0 aliphatic carbocycles. The highest BCUT2D eigenvalue weighted by Gasteiger charge is 2.24. The van der Waals surface area contributed by atoms with E-state index in [4.69, 9.17) is 16.1 Å². The first-order chi connectivity index (χ1) is 18.3. The Balaban J connectivity index is 1.60. The molecule has 11 nitrogen and oxygen atoms in total. The molecular weight excluding hydrogens is 508 g/mol. The zero-order valence-electron chi connectivity index (χ0n) is 21.1. The number of aryl methyl sites for hydroxylation is 1. The molecule has 2 heterocycles. The third-order valence-electron chi connectivity index (χ3n) is 6.39. The Morgan fingerprint density at radius 3 is 2.45 bits per heavy atom. The van der Waals surface area contributed by atoms with Gasteiger partial charge in [-0.2, -0.15) is 0 Å². The van der Waals surface area contributed by atoms with Gasteiger partial charge in [0.1, 0.15) is 23.2 Å². The number of methoxy groups -OCH3 is 1. The van der Waals surface area contributed by atoms with Crippen molar-refractivity contribution >= 4 is 45.8 Å². The second-order valence-electron chi connectivity index (χ2n) is 8.84. The van der Waals surface area contributed by atoms with Crippen molar-refractivity contribution in [2.75, 3.05) is 38.2 Å². The second kappa shape index (κ2) is 12.1. The van der Waals surface area contributed by atoms with E-state index in [0.717, 1.165) is 11.1 Å². The second-order valence-corrected chi connectivity index (χ2v) is 10.5. The number of ether oxygens (including phenoxy) is 1. The number of rotatable bonds is 9. The van der Waals surface area contributed by atoms with Gasteiger partial charge in [0, 0.05) is 36.2 Å². The summed E-state index contributed by atoms with van der Waals surface area (Å²) in [5, 5.41) is 10.3. The largest absolute Gasteiger partial charge is 0.616 e. The van der Waals surface area contributed by atoms with Crippen molar-refractivity contribution in [2.24, 2.45) is 5.73 Å². The number of carbonyl (C=O) groups is 3. The van der Waals surface area contributed by atoms with E-state index in [9.17, 15) is 18.9 Å². The first-order valence-electron chi connectivity index (χ1n) is 12.2. The van der Waals surface area contributed by atoms with Crippen molar-refractivity contribution in [1.29, 1.82) is 5.41 Å². The maximum absolute atomic E-state index is 12.9. The first-order valence-corrected chi connectivity index (χ1v) is 13.7. The maximum Gasteiger partial charge on any atom is 0.307 e. The number of imidazole rings is 1. The third kappa shape index (κ3) is 6.32. The molecular formula is C26H30N6O5S. The summed E-state index contributed by atoms with van der Waals surface area (Å²) in [5.41, 5.74) is 8.68. The van der Waals surface area contributed by atoms with Crippen LogP contribution < -0.4 is 11.1 Å². The molecule has 38 heavy (non-hydrogen) atoms. The minimum atomic E-state index is -0.864. The number of nitrogen functional groups attached to an aromatic ring is 1. The van der Waals surface area contributed by atoms with Crippen molar-refractivity contribution < 1.29 is 23.7 Å². The lowest BCUT2D eigenvalue weighted by Gasteiger charge is -2.28. The topological polar surface area (TPSA) is 166 Å². The number of amidine groups is 1. The number of hydrogen-bond acceptors (Lipinski definition) is 7. The number of nitrogens with zero attached hydrogens (tertiary/aromatic N) is 3. The normalized spacial score (nSPS) is 13.9. The lowest BCUT2D eigenvalue weighted by molar-refractivity contribution is -0.140. The van der Waals surface area contributed by atoms with Gasteiger partial charge in [0.2, 0.25) is 5.91 Å². The van der Waals surface area contributed by atoms with Crippen LogP contribution in [0.1, 0.15) is 28.8 Å². The van der Waals surface area contributed by atoms with Gasteiger partial charge in [0.15, 0.2) is 0 Å². The number of fused-ring (bicyclic) bond motifs is 1. The average Bonchev–Trinajstić information content (AvgIpc) is 3.29. The molecule has 4 rings (SSSR count). The van der Waals surface area contributed by atoms with Crippen molar-refractivity contribution in [2.45, 2.75) is 19.4 Å². The van der Waals surface area contributed by atoms with Crippen LogP contribution in [-0.4, -0.2) is 80.9 Å². The van der Waals surface area contributed by atoms with Crippen molar-refractivity contribution in [3.05, 3.63) is 53.6 Å². The summed E-state index contributed by atoms with van der Waals surface area (Å²) in [5.74, 6) is 0.813. The monoisotopic (exact) mass is 538 g/mol. The van der Waals surface area contributed by atoms with Gasteiger partial charge in [-0.3, -0.25) is 19.8 Å². The van der Waals surface area contributed by atoms with Crippen LogP contribution in [0.4, 0.5) is 0 Å². The van der Waals surface area contributed by atoms with E-state index < -0.39 is 17.1 Å². The molecule has 0 bridgehead atoms. The Morgan fingerprint density at radius 1 is 1.11 bits per heavy atom. The molecule has 0 atom stereocenters. The highest BCUT2D eigenvalue weighted by atomic mass is 32.2. The van der Waals surface area contributed by atoms with Crippen molar-refractivity contribution in [1.82, 2.24) is 19.8 Å². The number of carbonyl (C=O) groups excluding carboxylic acids is 3. The summed E-state index contributed by atoms with van der Waals surface area (Å²) < 4.78 is 18.2. The summed E-state index contributed by atoms with van der Waals surface area (Å²) in [7, 11) is 1.29. The smallest absolute Gasteiger partial charge is 0.307 e. The molecule has 1 aromatic heterocycles. The van der Waals surface area contributed by atoms with Crippen LogP contribution >= 0.6 is 0 Å². The standard InChI is InChI=1S/C26H30N6O5S/c1-37-23(34)8-10-29-26(35)19-6-7-21-20(16-19)30-25(18-4-2-17(3-5-18)24(27)28)32(21)11-9-22(33)31-12-14-38(36)15-13-31/h2-7,16H,8-15H2,1H3,(H3,27,28)(H,29,35). The molecule has 0 spiro atoms. The van der Waals surface area contributed by atoms with Crippen LogP contribution in [-0.2, 0) is 32.0 Å².